The van der Waals surface area contributed by atoms with E-state index in [9.17, 15) is 0 Å². The van der Waals surface area contributed by atoms with Crippen molar-refractivity contribution in [2.24, 2.45) is 5.92 Å². The Kier molecular flexibility index (Phi) is 2.89. The largest absolute Gasteiger partial charge is 0.314 e. The molecule has 2 heterocycles. The van der Waals surface area contributed by atoms with Crippen molar-refractivity contribution >= 4 is 0 Å². The second kappa shape index (κ2) is 4.39. The van der Waals surface area contributed by atoms with E-state index in [1.807, 2.05) is 12.4 Å². The molecule has 2 fully saturated rings. The van der Waals surface area contributed by atoms with Gasteiger partial charge in [-0.25, -0.2) is 0 Å². The fraction of sp³-hybridized carbons (Fsp3) is 0.643. The molecule has 1 unspecified atom stereocenters. The van der Waals surface area contributed by atoms with Gasteiger partial charge in [0.05, 0.1) is 0 Å². The standard InChI is InChI=1S/C14H21N3/c1-14(13-2-3-13)11-16-8-9-17(14)10-12-4-6-15-7-5-12/h4-7,13,16H,2-3,8-11H2,1H3. The first kappa shape index (κ1) is 11.2. The number of nitrogens with zero attached hydrogens (tertiary/aromatic N) is 2. The zero-order chi connectivity index (χ0) is 11.7. The maximum absolute atomic E-state index is 4.09. The van der Waals surface area contributed by atoms with E-state index < -0.39 is 0 Å². The molecule has 0 spiro atoms. The lowest BCUT2D eigenvalue weighted by Gasteiger charge is -2.46. The first-order chi connectivity index (χ1) is 8.29. The molecular weight excluding hydrogens is 210 g/mol. The molecule has 0 aromatic carbocycles. The minimum Gasteiger partial charge on any atom is -0.314 e. The van der Waals surface area contributed by atoms with E-state index in [0.717, 1.165) is 32.1 Å². The first-order valence-corrected chi connectivity index (χ1v) is 6.64. The van der Waals surface area contributed by atoms with Gasteiger partial charge in [0.25, 0.3) is 0 Å². The maximum atomic E-state index is 4.09. The van der Waals surface area contributed by atoms with Gasteiger partial charge >= 0.3 is 0 Å². The Bertz CT molecular complexity index is 374. The first-order valence-electron chi connectivity index (χ1n) is 6.64. The quantitative estimate of drug-likeness (QED) is 0.857. The highest BCUT2D eigenvalue weighted by molar-refractivity contribution is 5.12. The van der Waals surface area contributed by atoms with Crippen molar-refractivity contribution in [3.05, 3.63) is 30.1 Å². The second-order valence-corrected chi connectivity index (χ2v) is 5.59. The predicted molar refractivity (Wildman–Crippen MR) is 68.6 cm³/mol. The molecule has 92 valence electrons. The summed E-state index contributed by atoms with van der Waals surface area (Å²) in [6.45, 7) is 6.92. The molecule has 0 radical (unpaired) electrons. The van der Waals surface area contributed by atoms with Crippen LogP contribution in [-0.2, 0) is 6.54 Å². The maximum Gasteiger partial charge on any atom is 0.0337 e. The summed E-state index contributed by atoms with van der Waals surface area (Å²) in [6, 6.07) is 4.27. The van der Waals surface area contributed by atoms with E-state index in [1.165, 1.54) is 18.4 Å². The average Bonchev–Trinajstić information content (AvgIpc) is 3.18. The molecule has 1 N–H and O–H groups in total. The summed E-state index contributed by atoms with van der Waals surface area (Å²) in [5.74, 6) is 0.900. The van der Waals surface area contributed by atoms with Crippen LogP contribution >= 0.6 is 0 Å². The van der Waals surface area contributed by atoms with E-state index in [1.54, 1.807) is 0 Å². The molecule has 1 saturated heterocycles. The lowest BCUT2D eigenvalue weighted by Crippen LogP contribution is -2.60. The Hall–Kier alpha value is -0.930. The number of piperazine rings is 1. The van der Waals surface area contributed by atoms with Crippen LogP contribution in [0.1, 0.15) is 25.3 Å². The van der Waals surface area contributed by atoms with Gasteiger partial charge in [0.2, 0.25) is 0 Å². The summed E-state index contributed by atoms with van der Waals surface area (Å²) in [6.07, 6.45) is 6.61. The Balaban J connectivity index is 1.75. The number of aromatic nitrogens is 1. The average molecular weight is 231 g/mol. The summed E-state index contributed by atoms with van der Waals surface area (Å²) < 4.78 is 0. The van der Waals surface area contributed by atoms with Gasteiger partial charge in [0.15, 0.2) is 0 Å². The van der Waals surface area contributed by atoms with E-state index in [0.29, 0.717) is 5.54 Å². The lowest BCUT2D eigenvalue weighted by atomic mass is 9.90. The Morgan fingerprint density at radius 1 is 1.41 bits per heavy atom. The molecule has 17 heavy (non-hydrogen) atoms. The van der Waals surface area contributed by atoms with Crippen LogP contribution in [0.3, 0.4) is 0 Å². The summed E-state index contributed by atoms with van der Waals surface area (Å²) in [5, 5.41) is 3.56. The Morgan fingerprint density at radius 3 is 2.88 bits per heavy atom. The van der Waals surface area contributed by atoms with Gasteiger partial charge < -0.3 is 5.32 Å². The summed E-state index contributed by atoms with van der Waals surface area (Å²) >= 11 is 0. The summed E-state index contributed by atoms with van der Waals surface area (Å²) in [7, 11) is 0. The third-order valence-corrected chi connectivity index (χ3v) is 4.34. The number of rotatable bonds is 3. The molecule has 3 nitrogen and oxygen atoms in total. The van der Waals surface area contributed by atoms with Crippen molar-refractivity contribution in [2.75, 3.05) is 19.6 Å². The number of pyridine rings is 1. The molecule has 1 aliphatic heterocycles. The topological polar surface area (TPSA) is 28.2 Å². The molecule has 1 aliphatic carbocycles. The fourth-order valence-corrected chi connectivity index (χ4v) is 3.00. The normalized spacial score (nSPS) is 30.4. The van der Waals surface area contributed by atoms with Gasteiger partial charge in [0.1, 0.15) is 0 Å². The van der Waals surface area contributed by atoms with E-state index in [-0.39, 0.29) is 0 Å². The van der Waals surface area contributed by atoms with Gasteiger partial charge in [-0.2, -0.15) is 0 Å². The van der Waals surface area contributed by atoms with Crippen molar-refractivity contribution in [2.45, 2.75) is 31.8 Å². The molecule has 2 aliphatic rings. The molecule has 3 heteroatoms. The van der Waals surface area contributed by atoms with Gasteiger partial charge in [0, 0.05) is 44.1 Å². The molecule has 1 saturated carbocycles. The van der Waals surface area contributed by atoms with E-state index in [2.05, 4.69) is 34.3 Å². The van der Waals surface area contributed by atoms with Crippen molar-refractivity contribution in [1.82, 2.24) is 15.2 Å². The van der Waals surface area contributed by atoms with E-state index in [4.69, 9.17) is 0 Å². The predicted octanol–water partition coefficient (Wildman–Crippen LogP) is 1.66. The molecule has 0 bridgehead atoms. The van der Waals surface area contributed by atoms with Crippen LogP contribution in [0.5, 0.6) is 0 Å². The summed E-state index contributed by atoms with van der Waals surface area (Å²) in [5.41, 5.74) is 1.75. The summed E-state index contributed by atoms with van der Waals surface area (Å²) in [4.78, 5) is 6.75. The van der Waals surface area contributed by atoms with Crippen molar-refractivity contribution in [3.63, 3.8) is 0 Å². The molecular formula is C14H21N3. The Morgan fingerprint density at radius 2 is 2.18 bits per heavy atom. The van der Waals surface area contributed by atoms with Crippen LogP contribution in [-0.4, -0.2) is 35.1 Å². The fourth-order valence-electron chi connectivity index (χ4n) is 3.00. The number of nitrogens with one attached hydrogen (secondary N) is 1. The van der Waals surface area contributed by atoms with Crippen LogP contribution in [0.2, 0.25) is 0 Å². The monoisotopic (exact) mass is 231 g/mol. The highest BCUT2D eigenvalue weighted by Crippen LogP contribution is 2.43. The van der Waals surface area contributed by atoms with Crippen LogP contribution in [0.4, 0.5) is 0 Å². The van der Waals surface area contributed by atoms with Crippen molar-refractivity contribution in [3.8, 4) is 0 Å². The van der Waals surface area contributed by atoms with E-state index >= 15 is 0 Å². The van der Waals surface area contributed by atoms with Crippen LogP contribution < -0.4 is 5.32 Å². The third kappa shape index (κ3) is 2.22. The van der Waals surface area contributed by atoms with Gasteiger partial charge in [-0.15, -0.1) is 0 Å². The highest BCUT2D eigenvalue weighted by Gasteiger charge is 2.46. The highest BCUT2D eigenvalue weighted by atomic mass is 15.3. The van der Waals surface area contributed by atoms with Gasteiger partial charge in [-0.05, 0) is 43.4 Å². The minimum atomic E-state index is 0.363. The van der Waals surface area contributed by atoms with Crippen molar-refractivity contribution < 1.29 is 0 Å². The number of hydrogen-bond acceptors (Lipinski definition) is 3. The van der Waals surface area contributed by atoms with Crippen LogP contribution in [0.25, 0.3) is 0 Å². The molecule has 3 rings (SSSR count). The zero-order valence-corrected chi connectivity index (χ0v) is 10.5. The minimum absolute atomic E-state index is 0.363. The SMILES string of the molecule is CC1(C2CC2)CNCCN1Cc1ccncc1. The van der Waals surface area contributed by atoms with Gasteiger partial charge in [-0.3, -0.25) is 9.88 Å². The van der Waals surface area contributed by atoms with Gasteiger partial charge in [-0.1, -0.05) is 0 Å². The molecule has 1 atom stereocenters. The molecule has 1 aromatic rings. The second-order valence-electron chi connectivity index (χ2n) is 5.59. The third-order valence-electron chi connectivity index (χ3n) is 4.34. The lowest BCUT2D eigenvalue weighted by molar-refractivity contribution is 0.0484. The van der Waals surface area contributed by atoms with Crippen LogP contribution in [0.15, 0.2) is 24.5 Å². The van der Waals surface area contributed by atoms with Crippen molar-refractivity contribution in [1.29, 1.82) is 0 Å². The molecule has 0 amide bonds. The Labute approximate surface area is 103 Å². The van der Waals surface area contributed by atoms with Crippen LogP contribution in [0, 0.1) is 5.92 Å². The number of hydrogen-bond donors (Lipinski definition) is 1. The smallest absolute Gasteiger partial charge is 0.0337 e. The molecule has 1 aromatic heterocycles. The zero-order valence-electron chi connectivity index (χ0n) is 10.5.